The van der Waals surface area contributed by atoms with Crippen LogP contribution < -0.4 is 11.1 Å². The van der Waals surface area contributed by atoms with Crippen molar-refractivity contribution in [1.29, 1.82) is 0 Å². The third-order valence-corrected chi connectivity index (χ3v) is 3.46. The van der Waals surface area contributed by atoms with Crippen LogP contribution in [0.5, 0.6) is 0 Å². The lowest BCUT2D eigenvalue weighted by molar-refractivity contribution is 0.0527. The number of nitrogens with zero attached hydrogens (tertiary/aromatic N) is 2. The van der Waals surface area contributed by atoms with Crippen LogP contribution in [0.25, 0.3) is 0 Å². The summed E-state index contributed by atoms with van der Waals surface area (Å²) in [4.78, 5) is 21.1. The number of nitrogens with two attached hydrogens (primary N) is 1. The van der Waals surface area contributed by atoms with Crippen molar-refractivity contribution in [3.05, 3.63) is 33.9 Å². The highest BCUT2D eigenvalue weighted by Gasteiger charge is 2.12. The first-order valence-corrected chi connectivity index (χ1v) is 6.99. The molecule has 0 aromatic carbocycles. The molecule has 0 aliphatic carbocycles. The molecule has 0 amide bonds. The summed E-state index contributed by atoms with van der Waals surface area (Å²) in [5, 5.41) is 4.15. The molecule has 2 aromatic rings. The van der Waals surface area contributed by atoms with E-state index in [1.165, 1.54) is 6.20 Å². The molecule has 0 spiro atoms. The SMILES string of the molecule is CCOC(=O)c1cc(NCc2cnc(C)s2)ncc1N. The Labute approximate surface area is 121 Å². The molecule has 0 radical (unpaired) electrons. The van der Waals surface area contributed by atoms with Gasteiger partial charge in [0.2, 0.25) is 0 Å². The highest BCUT2D eigenvalue weighted by Crippen LogP contribution is 2.18. The normalized spacial score (nSPS) is 10.3. The Morgan fingerprint density at radius 3 is 2.90 bits per heavy atom. The number of nitrogens with one attached hydrogen (secondary N) is 1. The summed E-state index contributed by atoms with van der Waals surface area (Å²) in [6, 6.07) is 1.60. The van der Waals surface area contributed by atoms with Gasteiger partial charge in [-0.3, -0.25) is 0 Å². The molecular weight excluding hydrogens is 276 g/mol. The van der Waals surface area contributed by atoms with Crippen molar-refractivity contribution >= 4 is 28.8 Å². The van der Waals surface area contributed by atoms with E-state index < -0.39 is 5.97 Å². The van der Waals surface area contributed by atoms with Crippen LogP contribution in [0.1, 0.15) is 27.2 Å². The van der Waals surface area contributed by atoms with Gasteiger partial charge in [-0.1, -0.05) is 0 Å². The molecule has 6 nitrogen and oxygen atoms in total. The van der Waals surface area contributed by atoms with Crippen LogP contribution >= 0.6 is 11.3 Å². The first-order chi connectivity index (χ1) is 9.60. The minimum Gasteiger partial charge on any atom is -0.462 e. The van der Waals surface area contributed by atoms with Gasteiger partial charge in [-0.05, 0) is 19.9 Å². The first-order valence-electron chi connectivity index (χ1n) is 6.18. The van der Waals surface area contributed by atoms with E-state index in [0.717, 1.165) is 9.88 Å². The summed E-state index contributed by atoms with van der Waals surface area (Å²) >= 11 is 1.61. The number of esters is 1. The van der Waals surface area contributed by atoms with Crippen LogP contribution in [0.4, 0.5) is 11.5 Å². The van der Waals surface area contributed by atoms with Crippen molar-refractivity contribution in [2.24, 2.45) is 0 Å². The monoisotopic (exact) mass is 292 g/mol. The summed E-state index contributed by atoms with van der Waals surface area (Å²) in [7, 11) is 0. The van der Waals surface area contributed by atoms with E-state index in [0.29, 0.717) is 30.2 Å². The van der Waals surface area contributed by atoms with Gasteiger partial charge in [-0.25, -0.2) is 14.8 Å². The van der Waals surface area contributed by atoms with Crippen molar-refractivity contribution in [2.45, 2.75) is 20.4 Å². The van der Waals surface area contributed by atoms with Crippen LogP contribution in [0.15, 0.2) is 18.5 Å². The minimum atomic E-state index is -0.441. The zero-order chi connectivity index (χ0) is 14.5. The Bertz CT molecular complexity index is 612. The van der Waals surface area contributed by atoms with Crippen molar-refractivity contribution in [3.8, 4) is 0 Å². The molecule has 2 rings (SSSR count). The Hall–Kier alpha value is -2.15. The van der Waals surface area contributed by atoms with Crippen molar-refractivity contribution in [3.63, 3.8) is 0 Å². The van der Waals surface area contributed by atoms with Crippen LogP contribution in [-0.2, 0) is 11.3 Å². The Kier molecular flexibility index (Phi) is 4.52. The van der Waals surface area contributed by atoms with Gasteiger partial charge in [0.05, 0.1) is 35.6 Å². The van der Waals surface area contributed by atoms with E-state index >= 15 is 0 Å². The van der Waals surface area contributed by atoms with E-state index in [1.807, 2.05) is 13.1 Å². The van der Waals surface area contributed by atoms with Gasteiger partial charge in [-0.2, -0.15) is 0 Å². The summed E-state index contributed by atoms with van der Waals surface area (Å²) in [6.07, 6.45) is 3.27. The second-order valence-electron chi connectivity index (χ2n) is 4.08. The Balaban J connectivity index is 2.08. The third kappa shape index (κ3) is 3.45. The number of nitrogen functional groups attached to an aromatic ring is 1. The highest BCUT2D eigenvalue weighted by molar-refractivity contribution is 7.11. The van der Waals surface area contributed by atoms with Crippen LogP contribution in [0, 0.1) is 6.92 Å². The predicted molar refractivity (Wildman–Crippen MR) is 78.8 cm³/mol. The van der Waals surface area contributed by atoms with E-state index in [2.05, 4.69) is 15.3 Å². The van der Waals surface area contributed by atoms with Crippen molar-refractivity contribution in [2.75, 3.05) is 17.7 Å². The smallest absolute Gasteiger partial charge is 0.340 e. The molecule has 0 aliphatic heterocycles. The zero-order valence-corrected chi connectivity index (χ0v) is 12.2. The number of hydrogen-bond acceptors (Lipinski definition) is 7. The molecule has 0 atom stereocenters. The Morgan fingerprint density at radius 2 is 2.25 bits per heavy atom. The maximum atomic E-state index is 11.7. The molecule has 0 saturated heterocycles. The van der Waals surface area contributed by atoms with E-state index in [-0.39, 0.29) is 0 Å². The second-order valence-corrected chi connectivity index (χ2v) is 5.40. The highest BCUT2D eigenvalue weighted by atomic mass is 32.1. The summed E-state index contributed by atoms with van der Waals surface area (Å²) in [5.74, 6) is 0.136. The molecule has 106 valence electrons. The van der Waals surface area contributed by atoms with Gasteiger partial charge >= 0.3 is 5.97 Å². The summed E-state index contributed by atoms with van der Waals surface area (Å²) in [6.45, 7) is 4.61. The van der Waals surface area contributed by atoms with Crippen LogP contribution in [0.2, 0.25) is 0 Å². The zero-order valence-electron chi connectivity index (χ0n) is 11.3. The molecule has 2 aromatic heterocycles. The van der Waals surface area contributed by atoms with E-state index in [9.17, 15) is 4.79 Å². The lowest BCUT2D eigenvalue weighted by Crippen LogP contribution is -2.10. The number of pyridine rings is 1. The summed E-state index contributed by atoms with van der Waals surface area (Å²) < 4.78 is 4.95. The molecule has 0 fully saturated rings. The van der Waals surface area contributed by atoms with Gasteiger partial charge < -0.3 is 15.8 Å². The van der Waals surface area contributed by atoms with Gasteiger partial charge in [0.25, 0.3) is 0 Å². The maximum absolute atomic E-state index is 11.7. The lowest BCUT2D eigenvalue weighted by atomic mass is 10.2. The molecule has 3 N–H and O–H groups in total. The number of thiazole rings is 1. The number of aromatic nitrogens is 2. The third-order valence-electron chi connectivity index (χ3n) is 2.54. The minimum absolute atomic E-state index is 0.308. The molecule has 0 bridgehead atoms. The fourth-order valence-electron chi connectivity index (χ4n) is 1.61. The fourth-order valence-corrected chi connectivity index (χ4v) is 2.35. The average Bonchev–Trinajstić information content (AvgIpc) is 2.84. The first kappa shape index (κ1) is 14.3. The largest absolute Gasteiger partial charge is 0.462 e. The number of ether oxygens (including phenoxy) is 1. The molecule has 0 saturated carbocycles. The number of anilines is 2. The second kappa shape index (κ2) is 6.33. The average molecular weight is 292 g/mol. The summed E-state index contributed by atoms with van der Waals surface area (Å²) in [5.41, 5.74) is 6.36. The van der Waals surface area contributed by atoms with Crippen molar-refractivity contribution < 1.29 is 9.53 Å². The molecular formula is C13H16N4O2S. The standard InChI is InChI=1S/C13H16N4O2S/c1-3-19-13(18)10-4-12(17-7-11(10)14)16-6-9-5-15-8(2)20-9/h4-5,7H,3,6,14H2,1-2H3,(H,16,17). The maximum Gasteiger partial charge on any atom is 0.340 e. The number of hydrogen-bond donors (Lipinski definition) is 2. The van der Waals surface area contributed by atoms with Gasteiger partial charge in [0.1, 0.15) is 5.82 Å². The molecule has 7 heteroatoms. The van der Waals surface area contributed by atoms with Crippen LogP contribution in [-0.4, -0.2) is 22.5 Å². The van der Waals surface area contributed by atoms with Crippen LogP contribution in [0.3, 0.4) is 0 Å². The molecule has 0 unspecified atom stereocenters. The predicted octanol–water partition coefficient (Wildman–Crippen LogP) is 2.22. The van der Waals surface area contributed by atoms with E-state index in [4.69, 9.17) is 10.5 Å². The topological polar surface area (TPSA) is 90.1 Å². The number of carbonyl (C=O) groups excluding carboxylic acids is 1. The lowest BCUT2D eigenvalue weighted by Gasteiger charge is -2.08. The van der Waals surface area contributed by atoms with Gasteiger partial charge in [0, 0.05) is 11.1 Å². The van der Waals surface area contributed by atoms with Gasteiger partial charge in [-0.15, -0.1) is 11.3 Å². The number of rotatable bonds is 5. The van der Waals surface area contributed by atoms with Crippen molar-refractivity contribution in [1.82, 2.24) is 9.97 Å². The van der Waals surface area contributed by atoms with Gasteiger partial charge in [0.15, 0.2) is 0 Å². The molecule has 0 aliphatic rings. The molecule has 2 heterocycles. The quantitative estimate of drug-likeness (QED) is 0.821. The molecule has 20 heavy (non-hydrogen) atoms. The Morgan fingerprint density at radius 1 is 1.45 bits per heavy atom. The number of aryl methyl sites for hydroxylation is 1. The fraction of sp³-hybridized carbons (Fsp3) is 0.308. The number of carbonyl (C=O) groups is 1. The van der Waals surface area contributed by atoms with E-state index in [1.54, 1.807) is 24.3 Å².